The van der Waals surface area contributed by atoms with E-state index in [0.29, 0.717) is 5.82 Å². The van der Waals surface area contributed by atoms with Crippen molar-refractivity contribution in [3.63, 3.8) is 0 Å². The van der Waals surface area contributed by atoms with E-state index >= 15 is 0 Å². The third-order valence-electron chi connectivity index (χ3n) is 2.64. The van der Waals surface area contributed by atoms with Gasteiger partial charge in [0.25, 0.3) is 0 Å². The van der Waals surface area contributed by atoms with Crippen molar-refractivity contribution in [1.29, 1.82) is 0 Å². The summed E-state index contributed by atoms with van der Waals surface area (Å²) in [6, 6.07) is 12.3. The summed E-state index contributed by atoms with van der Waals surface area (Å²) in [5.74, 6) is 0.573. The molecule has 1 aromatic heterocycles. The average Bonchev–Trinajstić information content (AvgIpc) is 2.28. The number of nitrogens with zero attached hydrogens (tertiary/aromatic N) is 2. The maximum absolute atomic E-state index is 5.67. The second kappa shape index (κ2) is 5.98. The van der Waals surface area contributed by atoms with E-state index in [1.165, 1.54) is 11.1 Å². The SMILES string of the molecule is CN(Cc1cccc(Br)c1)Cc1ccnc(N)c1. The molecule has 0 aliphatic rings. The Kier molecular flexibility index (Phi) is 4.33. The summed E-state index contributed by atoms with van der Waals surface area (Å²) in [5, 5.41) is 0. The highest BCUT2D eigenvalue weighted by molar-refractivity contribution is 9.10. The lowest BCUT2D eigenvalue weighted by atomic mass is 10.2. The molecule has 0 radical (unpaired) electrons. The van der Waals surface area contributed by atoms with Gasteiger partial charge in [-0.3, -0.25) is 4.90 Å². The highest BCUT2D eigenvalue weighted by Gasteiger charge is 2.03. The molecule has 0 aliphatic heterocycles. The van der Waals surface area contributed by atoms with Crippen molar-refractivity contribution < 1.29 is 0 Å². The van der Waals surface area contributed by atoms with Crippen molar-refractivity contribution in [3.8, 4) is 0 Å². The van der Waals surface area contributed by atoms with E-state index < -0.39 is 0 Å². The molecule has 18 heavy (non-hydrogen) atoms. The molecule has 0 spiro atoms. The summed E-state index contributed by atoms with van der Waals surface area (Å²) in [6.45, 7) is 1.76. The first-order valence-corrected chi connectivity index (χ1v) is 6.56. The van der Waals surface area contributed by atoms with Crippen LogP contribution in [-0.4, -0.2) is 16.9 Å². The topological polar surface area (TPSA) is 42.2 Å². The average molecular weight is 306 g/mol. The van der Waals surface area contributed by atoms with Crippen molar-refractivity contribution in [2.45, 2.75) is 13.1 Å². The molecule has 0 unspecified atom stereocenters. The molecule has 2 rings (SSSR count). The van der Waals surface area contributed by atoms with Gasteiger partial charge in [-0.1, -0.05) is 28.1 Å². The van der Waals surface area contributed by atoms with Gasteiger partial charge in [-0.05, 0) is 42.4 Å². The maximum atomic E-state index is 5.67. The van der Waals surface area contributed by atoms with Crippen molar-refractivity contribution >= 4 is 21.7 Å². The largest absolute Gasteiger partial charge is 0.384 e. The van der Waals surface area contributed by atoms with Crippen LogP contribution in [0.2, 0.25) is 0 Å². The van der Waals surface area contributed by atoms with Crippen LogP contribution in [0.25, 0.3) is 0 Å². The van der Waals surface area contributed by atoms with Crippen LogP contribution in [0, 0.1) is 0 Å². The fourth-order valence-electron chi connectivity index (χ4n) is 1.91. The van der Waals surface area contributed by atoms with Gasteiger partial charge in [0.05, 0.1) is 0 Å². The van der Waals surface area contributed by atoms with Crippen LogP contribution < -0.4 is 5.73 Å². The Bertz CT molecular complexity index is 480. The van der Waals surface area contributed by atoms with Gasteiger partial charge in [0.1, 0.15) is 5.82 Å². The zero-order valence-corrected chi connectivity index (χ0v) is 11.9. The first kappa shape index (κ1) is 13.1. The molecule has 1 heterocycles. The lowest BCUT2D eigenvalue weighted by molar-refractivity contribution is 0.319. The molecule has 2 aromatic rings. The van der Waals surface area contributed by atoms with Crippen LogP contribution in [0.15, 0.2) is 47.1 Å². The molecule has 0 fully saturated rings. The Morgan fingerprint density at radius 3 is 2.56 bits per heavy atom. The Hall–Kier alpha value is -1.39. The van der Waals surface area contributed by atoms with E-state index in [1.54, 1.807) is 6.20 Å². The quantitative estimate of drug-likeness (QED) is 0.944. The number of rotatable bonds is 4. The molecule has 0 saturated carbocycles. The number of anilines is 1. The highest BCUT2D eigenvalue weighted by atomic mass is 79.9. The number of hydrogen-bond donors (Lipinski definition) is 1. The summed E-state index contributed by atoms with van der Waals surface area (Å²) in [6.07, 6.45) is 1.75. The zero-order chi connectivity index (χ0) is 13.0. The van der Waals surface area contributed by atoms with Gasteiger partial charge in [0.2, 0.25) is 0 Å². The second-order valence-electron chi connectivity index (χ2n) is 4.39. The molecule has 0 amide bonds. The minimum absolute atomic E-state index is 0.573. The van der Waals surface area contributed by atoms with Crippen molar-refractivity contribution in [3.05, 3.63) is 58.2 Å². The normalized spacial score (nSPS) is 10.8. The number of nitrogen functional groups attached to an aromatic ring is 1. The number of halogens is 1. The molecular weight excluding hydrogens is 290 g/mol. The summed E-state index contributed by atoms with van der Waals surface area (Å²) < 4.78 is 1.11. The van der Waals surface area contributed by atoms with E-state index in [0.717, 1.165) is 17.6 Å². The molecule has 0 bridgehead atoms. The number of nitrogens with two attached hydrogens (primary N) is 1. The monoisotopic (exact) mass is 305 g/mol. The number of benzene rings is 1. The Labute approximate surface area is 116 Å². The van der Waals surface area contributed by atoms with Crippen molar-refractivity contribution in [1.82, 2.24) is 9.88 Å². The molecular formula is C14H16BrN3. The van der Waals surface area contributed by atoms with Gasteiger partial charge < -0.3 is 5.73 Å². The Morgan fingerprint density at radius 2 is 1.89 bits per heavy atom. The van der Waals surface area contributed by atoms with E-state index in [1.807, 2.05) is 18.2 Å². The molecule has 0 atom stereocenters. The minimum atomic E-state index is 0.573. The number of aromatic nitrogens is 1. The van der Waals surface area contributed by atoms with Gasteiger partial charge >= 0.3 is 0 Å². The third-order valence-corrected chi connectivity index (χ3v) is 3.13. The summed E-state index contributed by atoms with van der Waals surface area (Å²) >= 11 is 3.49. The molecule has 0 saturated heterocycles. The first-order chi connectivity index (χ1) is 8.63. The van der Waals surface area contributed by atoms with E-state index in [9.17, 15) is 0 Å². The standard InChI is InChI=1S/C14H16BrN3/c1-18(9-11-3-2-4-13(15)7-11)10-12-5-6-17-14(16)8-12/h2-8H,9-10H2,1H3,(H2,16,17). The summed E-state index contributed by atoms with van der Waals surface area (Å²) in [4.78, 5) is 6.24. The smallest absolute Gasteiger partial charge is 0.123 e. The van der Waals surface area contributed by atoms with Crippen LogP contribution in [0.1, 0.15) is 11.1 Å². The van der Waals surface area contributed by atoms with Crippen LogP contribution >= 0.6 is 15.9 Å². The van der Waals surface area contributed by atoms with Crippen LogP contribution in [0.3, 0.4) is 0 Å². The molecule has 3 nitrogen and oxygen atoms in total. The van der Waals surface area contributed by atoms with Crippen LogP contribution in [-0.2, 0) is 13.1 Å². The highest BCUT2D eigenvalue weighted by Crippen LogP contribution is 2.14. The lowest BCUT2D eigenvalue weighted by Gasteiger charge is -2.17. The van der Waals surface area contributed by atoms with Crippen molar-refractivity contribution in [2.24, 2.45) is 0 Å². The molecule has 1 aromatic carbocycles. The second-order valence-corrected chi connectivity index (χ2v) is 5.31. The Morgan fingerprint density at radius 1 is 1.17 bits per heavy atom. The summed E-state index contributed by atoms with van der Waals surface area (Å²) in [5.41, 5.74) is 8.14. The van der Waals surface area contributed by atoms with Crippen LogP contribution in [0.5, 0.6) is 0 Å². The predicted molar refractivity (Wildman–Crippen MR) is 78.0 cm³/mol. The van der Waals surface area contributed by atoms with Gasteiger partial charge in [0, 0.05) is 23.8 Å². The summed E-state index contributed by atoms with van der Waals surface area (Å²) in [7, 11) is 2.09. The number of pyridine rings is 1. The van der Waals surface area contributed by atoms with Crippen molar-refractivity contribution in [2.75, 3.05) is 12.8 Å². The van der Waals surface area contributed by atoms with Gasteiger partial charge in [-0.2, -0.15) is 0 Å². The minimum Gasteiger partial charge on any atom is -0.384 e. The predicted octanol–water partition coefficient (Wildman–Crippen LogP) is 3.06. The van der Waals surface area contributed by atoms with Crippen LogP contribution in [0.4, 0.5) is 5.82 Å². The van der Waals surface area contributed by atoms with E-state index in [4.69, 9.17) is 5.73 Å². The van der Waals surface area contributed by atoms with E-state index in [-0.39, 0.29) is 0 Å². The molecule has 4 heteroatoms. The first-order valence-electron chi connectivity index (χ1n) is 5.77. The Balaban J connectivity index is 1.98. The van der Waals surface area contributed by atoms with E-state index in [2.05, 4.69) is 51.1 Å². The maximum Gasteiger partial charge on any atom is 0.123 e. The zero-order valence-electron chi connectivity index (χ0n) is 10.3. The van der Waals surface area contributed by atoms with Gasteiger partial charge in [-0.25, -0.2) is 4.98 Å². The fourth-order valence-corrected chi connectivity index (χ4v) is 2.35. The third kappa shape index (κ3) is 3.82. The molecule has 2 N–H and O–H groups in total. The van der Waals surface area contributed by atoms with Gasteiger partial charge in [-0.15, -0.1) is 0 Å². The molecule has 0 aliphatic carbocycles. The number of hydrogen-bond acceptors (Lipinski definition) is 3. The molecule has 94 valence electrons. The fraction of sp³-hybridized carbons (Fsp3) is 0.214. The lowest BCUT2D eigenvalue weighted by Crippen LogP contribution is -2.17. The van der Waals surface area contributed by atoms with Gasteiger partial charge in [0.15, 0.2) is 0 Å².